The van der Waals surface area contributed by atoms with Crippen molar-refractivity contribution in [3.05, 3.63) is 29.8 Å². The minimum absolute atomic E-state index is 0.0450. The predicted molar refractivity (Wildman–Crippen MR) is 186 cm³/mol. The van der Waals surface area contributed by atoms with Crippen LogP contribution in [0.25, 0.3) is 0 Å². The number of nitrogens with one attached hydrogen (secondary N) is 4. The molecule has 0 saturated carbocycles. The number of aromatic hydroxyl groups is 1. The molecule has 4 rings (SSSR count). The van der Waals surface area contributed by atoms with E-state index < -0.39 is 146 Å². The van der Waals surface area contributed by atoms with Crippen LogP contribution in [-0.2, 0) is 28.8 Å². The van der Waals surface area contributed by atoms with Crippen molar-refractivity contribution in [2.45, 2.75) is 119 Å². The number of phenols is 1. The number of aliphatic hydroxyl groups excluding tert-OH is 8. The number of amides is 6. The third kappa shape index (κ3) is 9.70. The molecule has 0 aliphatic carbocycles. The molecule has 0 spiro atoms. The van der Waals surface area contributed by atoms with Crippen molar-refractivity contribution in [1.82, 2.24) is 31.1 Å². The van der Waals surface area contributed by atoms with E-state index >= 15 is 0 Å². The minimum atomic E-state index is -2.23. The van der Waals surface area contributed by atoms with Gasteiger partial charge in [0.05, 0.1) is 24.4 Å². The van der Waals surface area contributed by atoms with E-state index in [4.69, 9.17) is 0 Å². The first-order valence-electron chi connectivity index (χ1n) is 18.0. The Morgan fingerprint density at radius 1 is 0.696 bits per heavy atom. The molecule has 1 aromatic rings. The molecule has 0 bridgehead atoms. The molecule has 3 heterocycles. The van der Waals surface area contributed by atoms with Gasteiger partial charge in [-0.15, -0.1) is 0 Å². The van der Waals surface area contributed by atoms with E-state index in [1.54, 1.807) is 0 Å². The summed E-state index contributed by atoms with van der Waals surface area (Å²) in [6, 6.07) is -5.92. The van der Waals surface area contributed by atoms with Gasteiger partial charge in [0.2, 0.25) is 29.5 Å². The zero-order chi connectivity index (χ0) is 41.9. The Morgan fingerprint density at radius 2 is 1.23 bits per heavy atom. The van der Waals surface area contributed by atoms with E-state index in [-0.39, 0.29) is 17.9 Å². The van der Waals surface area contributed by atoms with Crippen LogP contribution in [-0.4, -0.2) is 183 Å². The van der Waals surface area contributed by atoms with Gasteiger partial charge < -0.3 is 82.8 Å². The van der Waals surface area contributed by atoms with Gasteiger partial charge in [0, 0.05) is 31.8 Å². The molecule has 0 unspecified atom stereocenters. The van der Waals surface area contributed by atoms with Crippen LogP contribution in [0.3, 0.4) is 0 Å². The Kier molecular flexibility index (Phi) is 14.3. The molecule has 312 valence electrons. The first-order valence-corrected chi connectivity index (χ1v) is 18.0. The summed E-state index contributed by atoms with van der Waals surface area (Å²) < 4.78 is 0. The van der Waals surface area contributed by atoms with E-state index in [9.17, 15) is 74.7 Å². The molecule has 16 N–H and O–H groups in total. The Bertz CT molecular complexity index is 1620. The fourth-order valence-electron chi connectivity index (χ4n) is 6.97. The number of carbonyl (C=O) groups excluding carboxylic acids is 6. The van der Waals surface area contributed by atoms with Crippen LogP contribution in [0.1, 0.15) is 45.3 Å². The highest BCUT2D eigenvalue weighted by molar-refractivity contribution is 5.97. The normalized spacial score (nSPS) is 35.2. The van der Waals surface area contributed by atoms with Crippen molar-refractivity contribution in [2.24, 2.45) is 5.92 Å². The lowest BCUT2D eigenvalue weighted by atomic mass is 9.96. The Balaban J connectivity index is 1.80. The molecule has 3 saturated heterocycles. The second-order valence-electron chi connectivity index (χ2n) is 14.7. The molecule has 22 nitrogen and oxygen atoms in total. The fraction of sp³-hybridized carbons (Fsp3) is 0.647. The minimum Gasteiger partial charge on any atom is -0.508 e. The zero-order valence-corrected chi connectivity index (χ0v) is 30.9. The van der Waals surface area contributed by atoms with Crippen molar-refractivity contribution in [3.63, 3.8) is 0 Å². The molecular formula is C34H52N7O15+. The highest BCUT2D eigenvalue weighted by Crippen LogP contribution is 2.27. The van der Waals surface area contributed by atoms with Gasteiger partial charge in [-0.25, -0.2) is 0 Å². The lowest BCUT2D eigenvalue weighted by molar-refractivity contribution is -0.408. The van der Waals surface area contributed by atoms with Gasteiger partial charge >= 0.3 is 0 Å². The van der Waals surface area contributed by atoms with Crippen LogP contribution < -0.4 is 27.0 Å². The summed E-state index contributed by atoms with van der Waals surface area (Å²) in [5, 5.41) is 105. The smallest absolute Gasteiger partial charge is 0.278 e. The molecule has 1 aromatic carbocycles. The summed E-state index contributed by atoms with van der Waals surface area (Å²) in [6.07, 6.45) is -15.5. The molecular weight excluding hydrogens is 746 g/mol. The van der Waals surface area contributed by atoms with Gasteiger partial charge in [-0.2, -0.15) is 0 Å². The largest absolute Gasteiger partial charge is 0.508 e. The highest BCUT2D eigenvalue weighted by atomic mass is 16.3. The van der Waals surface area contributed by atoms with Gasteiger partial charge in [0.25, 0.3) is 5.91 Å². The third-order valence-corrected chi connectivity index (χ3v) is 10.3. The van der Waals surface area contributed by atoms with E-state index in [1.807, 2.05) is 0 Å². The van der Waals surface area contributed by atoms with Gasteiger partial charge in [-0.3, -0.25) is 28.8 Å². The lowest BCUT2D eigenvalue weighted by Crippen LogP contribution is -2.71. The summed E-state index contributed by atoms with van der Waals surface area (Å²) in [5.74, 6) is -7.92. The van der Waals surface area contributed by atoms with Crippen molar-refractivity contribution < 1.29 is 80.5 Å². The number of fused-ring (bicyclic) bond motifs is 2. The molecule has 3 aliphatic heterocycles. The Labute approximate surface area is 320 Å². The molecule has 6 amide bonds. The topological polar surface area (TPSA) is 367 Å². The number of quaternary nitrogens is 1. The number of rotatable bonds is 5. The molecule has 22 heteroatoms. The van der Waals surface area contributed by atoms with Crippen LogP contribution in [0.4, 0.5) is 0 Å². The predicted octanol–water partition coefficient (Wildman–Crippen LogP) is -8.02. The van der Waals surface area contributed by atoms with Crippen molar-refractivity contribution in [3.8, 4) is 5.75 Å². The van der Waals surface area contributed by atoms with Gasteiger partial charge in [-0.1, -0.05) is 19.1 Å². The van der Waals surface area contributed by atoms with Gasteiger partial charge in [-0.05, 0) is 31.5 Å². The van der Waals surface area contributed by atoms with Gasteiger partial charge in [0.1, 0.15) is 54.3 Å². The van der Waals surface area contributed by atoms with Crippen molar-refractivity contribution in [2.75, 3.05) is 13.1 Å². The van der Waals surface area contributed by atoms with E-state index in [1.165, 1.54) is 19.1 Å². The number of carbonyl (C=O) groups is 6. The van der Waals surface area contributed by atoms with Crippen LogP contribution in [0.5, 0.6) is 5.75 Å². The molecule has 3 aliphatic rings. The third-order valence-electron chi connectivity index (χ3n) is 10.3. The molecule has 0 radical (unpaired) electrons. The maximum Gasteiger partial charge on any atom is 0.278 e. The Hall–Kier alpha value is -4.52. The van der Waals surface area contributed by atoms with Crippen LogP contribution in [0.15, 0.2) is 24.3 Å². The van der Waals surface area contributed by atoms with Crippen LogP contribution in [0, 0.1) is 5.92 Å². The first kappa shape index (κ1) is 44.2. The summed E-state index contributed by atoms with van der Waals surface area (Å²) >= 11 is 0. The number of hydrogen-bond acceptors (Lipinski definition) is 15. The highest BCUT2D eigenvalue weighted by Gasteiger charge is 2.50. The summed E-state index contributed by atoms with van der Waals surface area (Å²) in [4.78, 5) is 84.0. The number of nitrogens with zero attached hydrogens (tertiary/aromatic N) is 2. The standard InChI is InChI=1S/C34H51N7O15/c1-12-10-41-24(25(12)47)32(54)39-30(52)20(46)9-18(35)28(50)36-21(13(2)42)33(55)40-11-17(45)8-19(40)29(51)38-23(31(53)37-22(14(3)43)34(41)56)27(49)26(48)15-4-6-16(44)7-5-15/h4-7,12-14,17-27,30,42-49,52H,8-11,35H2,1-3H3,(H,36,50)(H,37,53)(H,38,51)(H,39,54)/p+1/t12-,13+,14+,17+,18-,19-,20+,21-,22-,23-,24-,25-,26-,27-,30+/m0/s1. The lowest BCUT2D eigenvalue weighted by Gasteiger charge is -2.34. The summed E-state index contributed by atoms with van der Waals surface area (Å²) in [5.41, 5.74) is 3.57. The van der Waals surface area contributed by atoms with Crippen LogP contribution >= 0.6 is 0 Å². The second kappa shape index (κ2) is 18.2. The fourth-order valence-corrected chi connectivity index (χ4v) is 6.97. The zero-order valence-electron chi connectivity index (χ0n) is 30.9. The molecule has 15 atom stereocenters. The average Bonchev–Trinajstić information content (AvgIpc) is 3.68. The Morgan fingerprint density at radius 3 is 1.80 bits per heavy atom. The first-order chi connectivity index (χ1) is 26.1. The van der Waals surface area contributed by atoms with Crippen molar-refractivity contribution in [1.29, 1.82) is 0 Å². The van der Waals surface area contributed by atoms with Crippen molar-refractivity contribution >= 4 is 35.4 Å². The summed E-state index contributed by atoms with van der Waals surface area (Å²) in [6.45, 7) is 2.91. The number of aliphatic hydroxyl groups is 8. The molecule has 0 aromatic heterocycles. The molecule has 3 fully saturated rings. The monoisotopic (exact) mass is 798 g/mol. The number of phenolic OH excluding ortho intramolecular Hbond substituents is 1. The quantitative estimate of drug-likeness (QED) is 0.132. The molecule has 56 heavy (non-hydrogen) atoms. The average molecular weight is 799 g/mol. The SMILES string of the molecule is C[C@@H](O)[C@@H]1NC(=O)[C@H]([C@H](O)[C@@H](O)c2ccc(O)cc2)NC(=O)[C@@H]2C[C@@H](O)CN2C(=O)[C@H]([C@@H](C)O)NC(=O)[C@@H]([NH3+])C[C@@H](O)[C@@H](O)NC(=O)[C@@H]2[C@@H](O)[C@@H](C)CN2C1=O. The number of hydrogen-bond donors (Lipinski definition) is 14. The van der Waals surface area contributed by atoms with Crippen LogP contribution in [0.2, 0.25) is 0 Å². The van der Waals surface area contributed by atoms with E-state index in [0.717, 1.165) is 35.8 Å². The summed E-state index contributed by atoms with van der Waals surface area (Å²) in [7, 11) is 0. The maximum absolute atomic E-state index is 14.0. The van der Waals surface area contributed by atoms with E-state index in [0.29, 0.717) is 0 Å². The second-order valence-corrected chi connectivity index (χ2v) is 14.7. The maximum atomic E-state index is 14.0. The number of benzene rings is 1. The van der Waals surface area contributed by atoms with Gasteiger partial charge in [0.15, 0.2) is 12.3 Å². The van der Waals surface area contributed by atoms with E-state index in [2.05, 4.69) is 27.0 Å².